The van der Waals surface area contributed by atoms with Gasteiger partial charge >= 0.3 is 6.61 Å². The van der Waals surface area contributed by atoms with Gasteiger partial charge in [0.1, 0.15) is 11.3 Å². The van der Waals surface area contributed by atoms with Crippen LogP contribution in [0, 0.1) is 0 Å². The lowest BCUT2D eigenvalue weighted by atomic mass is 9.82. The second-order valence-electron chi connectivity index (χ2n) is 6.84. The van der Waals surface area contributed by atoms with E-state index >= 15 is 0 Å². The first-order valence-electron chi connectivity index (χ1n) is 8.54. The molecule has 26 heavy (non-hydrogen) atoms. The predicted molar refractivity (Wildman–Crippen MR) is 98.6 cm³/mol. The molecule has 1 aliphatic heterocycles. The summed E-state index contributed by atoms with van der Waals surface area (Å²) in [5.74, 6) is 0.676. The maximum Gasteiger partial charge on any atom is 0.387 e. The first kappa shape index (κ1) is 18.2. The third-order valence-corrected chi connectivity index (χ3v) is 4.74. The monoisotopic (exact) mass is 359 g/mol. The molecule has 0 spiro atoms. The summed E-state index contributed by atoms with van der Waals surface area (Å²) in [5, 5.41) is 0. The fraction of sp³-hybridized carbons (Fsp3) is 0.350. The summed E-state index contributed by atoms with van der Waals surface area (Å²) in [6.07, 6.45) is 0. The van der Waals surface area contributed by atoms with Crippen molar-refractivity contribution < 1.29 is 13.5 Å². The van der Waals surface area contributed by atoms with Crippen molar-refractivity contribution in [1.29, 1.82) is 0 Å². The lowest BCUT2D eigenvalue weighted by Gasteiger charge is -2.29. The molecular weight excluding hydrogens is 336 g/mol. The first-order chi connectivity index (χ1) is 12.3. The van der Waals surface area contributed by atoms with Gasteiger partial charge in [-0.15, -0.1) is 0 Å². The highest BCUT2D eigenvalue weighted by molar-refractivity contribution is 5.81. The number of likely N-dealkylation sites (N-methyl/N-ethyl adjacent to an activating group) is 1. The Bertz CT molecular complexity index is 808. The third kappa shape index (κ3) is 3.23. The van der Waals surface area contributed by atoms with Crippen LogP contribution in [0.25, 0.3) is 0 Å². The summed E-state index contributed by atoms with van der Waals surface area (Å²) >= 11 is 0. The maximum atomic E-state index is 12.7. The molecule has 1 aliphatic rings. The number of guanidine groups is 1. The maximum absolute atomic E-state index is 12.7. The quantitative estimate of drug-likeness (QED) is 0.880. The van der Waals surface area contributed by atoms with Crippen molar-refractivity contribution in [2.45, 2.75) is 31.9 Å². The number of ether oxygens (including phenoxy) is 1. The minimum absolute atomic E-state index is 0.0250. The van der Waals surface area contributed by atoms with Gasteiger partial charge in [-0.2, -0.15) is 8.78 Å². The largest absolute Gasteiger partial charge is 0.435 e. The molecule has 0 fully saturated rings. The van der Waals surface area contributed by atoms with Gasteiger partial charge < -0.3 is 15.4 Å². The lowest BCUT2D eigenvalue weighted by molar-refractivity contribution is -0.0505. The SMILES string of the molecule is CC(C)c1cc(C2(c3ccccc3)CN(C)C(N)=N2)ccc1OC(F)F. The number of halogens is 2. The van der Waals surface area contributed by atoms with E-state index in [1.165, 1.54) is 0 Å². The second kappa shape index (κ2) is 6.94. The molecule has 0 amide bonds. The van der Waals surface area contributed by atoms with Crippen molar-refractivity contribution in [3.8, 4) is 5.75 Å². The summed E-state index contributed by atoms with van der Waals surface area (Å²) in [5.41, 5.74) is 8.03. The van der Waals surface area contributed by atoms with Crippen LogP contribution < -0.4 is 10.5 Å². The predicted octanol–water partition coefficient (Wildman–Crippen LogP) is 3.92. The molecule has 1 heterocycles. The highest BCUT2D eigenvalue weighted by atomic mass is 19.3. The lowest BCUT2D eigenvalue weighted by Crippen LogP contribution is -2.34. The molecule has 1 atom stereocenters. The molecule has 0 aromatic heterocycles. The van der Waals surface area contributed by atoms with E-state index in [9.17, 15) is 8.78 Å². The molecule has 3 rings (SSSR count). The van der Waals surface area contributed by atoms with Gasteiger partial charge in [0.05, 0.1) is 6.54 Å². The van der Waals surface area contributed by atoms with E-state index in [1.54, 1.807) is 12.1 Å². The Balaban J connectivity index is 2.16. The Morgan fingerprint density at radius 1 is 1.12 bits per heavy atom. The van der Waals surface area contributed by atoms with Gasteiger partial charge in [-0.05, 0) is 34.7 Å². The van der Waals surface area contributed by atoms with E-state index in [2.05, 4.69) is 0 Å². The highest BCUT2D eigenvalue weighted by Gasteiger charge is 2.41. The number of aliphatic imine (C=N–C) groups is 1. The van der Waals surface area contributed by atoms with Crippen molar-refractivity contribution in [2.75, 3.05) is 13.6 Å². The van der Waals surface area contributed by atoms with E-state index in [0.717, 1.165) is 16.7 Å². The highest BCUT2D eigenvalue weighted by Crippen LogP contribution is 2.41. The second-order valence-corrected chi connectivity index (χ2v) is 6.84. The number of alkyl halides is 2. The van der Waals surface area contributed by atoms with Crippen LogP contribution in [-0.4, -0.2) is 31.1 Å². The zero-order valence-corrected chi connectivity index (χ0v) is 15.1. The van der Waals surface area contributed by atoms with Crippen LogP contribution in [0.5, 0.6) is 5.75 Å². The van der Waals surface area contributed by atoms with Crippen LogP contribution in [0.2, 0.25) is 0 Å². The van der Waals surface area contributed by atoms with Crippen molar-refractivity contribution in [3.05, 3.63) is 65.2 Å². The molecule has 0 aliphatic carbocycles. The molecule has 138 valence electrons. The van der Waals surface area contributed by atoms with Crippen LogP contribution >= 0.6 is 0 Å². The van der Waals surface area contributed by atoms with Crippen molar-refractivity contribution in [1.82, 2.24) is 4.90 Å². The number of benzene rings is 2. The van der Waals surface area contributed by atoms with Gasteiger partial charge in [0.15, 0.2) is 5.96 Å². The van der Waals surface area contributed by atoms with E-state index in [0.29, 0.717) is 12.5 Å². The van der Waals surface area contributed by atoms with E-state index in [1.807, 2.05) is 62.2 Å². The first-order valence-corrected chi connectivity index (χ1v) is 8.54. The molecule has 0 bridgehead atoms. The van der Waals surface area contributed by atoms with Gasteiger partial charge in [0, 0.05) is 7.05 Å². The van der Waals surface area contributed by atoms with Crippen molar-refractivity contribution in [3.63, 3.8) is 0 Å². The molecule has 2 N–H and O–H groups in total. The van der Waals surface area contributed by atoms with E-state index in [-0.39, 0.29) is 11.7 Å². The summed E-state index contributed by atoms with van der Waals surface area (Å²) in [7, 11) is 1.89. The molecule has 2 aromatic rings. The average molecular weight is 359 g/mol. The molecule has 4 nitrogen and oxygen atoms in total. The van der Waals surface area contributed by atoms with Crippen molar-refractivity contribution >= 4 is 5.96 Å². The molecule has 0 saturated carbocycles. The number of nitrogens with zero attached hydrogens (tertiary/aromatic N) is 2. The normalized spacial score (nSPS) is 20.0. The topological polar surface area (TPSA) is 50.8 Å². The van der Waals surface area contributed by atoms with Crippen LogP contribution in [0.4, 0.5) is 8.78 Å². The Kier molecular flexibility index (Phi) is 4.85. The van der Waals surface area contributed by atoms with E-state index in [4.69, 9.17) is 15.5 Å². The van der Waals surface area contributed by atoms with Gasteiger partial charge in [0.25, 0.3) is 0 Å². The minimum atomic E-state index is -2.85. The summed E-state index contributed by atoms with van der Waals surface area (Å²) < 4.78 is 30.2. The fourth-order valence-corrected chi connectivity index (χ4v) is 3.39. The molecule has 6 heteroatoms. The summed E-state index contributed by atoms with van der Waals surface area (Å²) in [6, 6.07) is 15.2. The fourth-order valence-electron chi connectivity index (χ4n) is 3.39. The third-order valence-electron chi connectivity index (χ3n) is 4.74. The van der Waals surface area contributed by atoms with Crippen LogP contribution in [0.1, 0.15) is 36.5 Å². The Labute approximate surface area is 152 Å². The number of hydrogen-bond donors (Lipinski definition) is 1. The molecule has 0 saturated heterocycles. The number of hydrogen-bond acceptors (Lipinski definition) is 4. The van der Waals surface area contributed by atoms with Gasteiger partial charge in [-0.3, -0.25) is 0 Å². The molecule has 0 radical (unpaired) electrons. The summed E-state index contributed by atoms with van der Waals surface area (Å²) in [4.78, 5) is 6.66. The Morgan fingerprint density at radius 2 is 1.81 bits per heavy atom. The van der Waals surface area contributed by atoms with Gasteiger partial charge in [-0.1, -0.05) is 50.2 Å². The van der Waals surface area contributed by atoms with Gasteiger partial charge in [-0.25, -0.2) is 4.99 Å². The zero-order valence-electron chi connectivity index (χ0n) is 15.1. The Hall–Kier alpha value is -2.63. The van der Waals surface area contributed by atoms with E-state index < -0.39 is 12.2 Å². The summed E-state index contributed by atoms with van der Waals surface area (Å²) in [6.45, 7) is 1.62. The Morgan fingerprint density at radius 3 is 2.35 bits per heavy atom. The average Bonchev–Trinajstić information content (AvgIpc) is 2.91. The number of nitrogens with two attached hydrogens (primary N) is 1. The molecular formula is C20H23F2N3O. The van der Waals surface area contributed by atoms with Crippen LogP contribution in [-0.2, 0) is 5.54 Å². The van der Waals surface area contributed by atoms with Gasteiger partial charge in [0.2, 0.25) is 0 Å². The number of rotatable bonds is 5. The standard InChI is InChI=1S/C20H23F2N3O/c1-13(2)16-11-15(9-10-17(16)26-18(21)22)20(12-25(3)19(23)24-20)14-7-5-4-6-8-14/h4-11,13,18H,12H2,1-3H3,(H2,23,24). The zero-order chi connectivity index (χ0) is 18.9. The van der Waals surface area contributed by atoms with Crippen molar-refractivity contribution in [2.24, 2.45) is 10.7 Å². The molecule has 2 aromatic carbocycles. The van der Waals surface area contributed by atoms with Crippen LogP contribution in [0.15, 0.2) is 53.5 Å². The molecule has 1 unspecified atom stereocenters. The smallest absolute Gasteiger partial charge is 0.387 e. The van der Waals surface area contributed by atoms with Crippen LogP contribution in [0.3, 0.4) is 0 Å². The minimum Gasteiger partial charge on any atom is -0.435 e.